The van der Waals surface area contributed by atoms with Gasteiger partial charge in [-0.3, -0.25) is 4.79 Å². The van der Waals surface area contributed by atoms with Crippen LogP contribution in [0.25, 0.3) is 0 Å². The van der Waals surface area contributed by atoms with E-state index in [9.17, 15) is 9.90 Å². The standard InChI is InChI=1S/C16H24N2O3S/c1-21-12-16(6-8-17-9-7-16)11-18-15(20)10-22-14-4-2-13(19)3-5-14/h2-5,17,19H,6-12H2,1H3,(H,18,20). The van der Waals surface area contributed by atoms with Gasteiger partial charge in [-0.25, -0.2) is 0 Å². The average molecular weight is 324 g/mol. The second-order valence-electron chi connectivity index (χ2n) is 5.74. The predicted octanol–water partition coefficient (Wildman–Crippen LogP) is 1.62. The number of carbonyl (C=O) groups excluding carboxylic acids is 1. The van der Waals surface area contributed by atoms with E-state index in [1.165, 1.54) is 11.8 Å². The van der Waals surface area contributed by atoms with E-state index in [-0.39, 0.29) is 17.1 Å². The minimum atomic E-state index is 0.0343. The molecule has 1 heterocycles. The zero-order chi connectivity index (χ0) is 15.8. The SMILES string of the molecule is COCC1(CNC(=O)CSc2ccc(O)cc2)CCNCC1. The molecule has 5 nitrogen and oxygen atoms in total. The molecule has 22 heavy (non-hydrogen) atoms. The highest BCUT2D eigenvalue weighted by molar-refractivity contribution is 8.00. The number of ether oxygens (including phenoxy) is 1. The third-order valence-corrected chi connectivity index (χ3v) is 4.99. The molecule has 6 heteroatoms. The van der Waals surface area contributed by atoms with Gasteiger partial charge in [-0.15, -0.1) is 11.8 Å². The maximum atomic E-state index is 12.0. The Bertz CT molecular complexity index is 467. The molecule has 2 rings (SSSR count). The van der Waals surface area contributed by atoms with Gasteiger partial charge in [-0.1, -0.05) is 0 Å². The van der Waals surface area contributed by atoms with Crippen LogP contribution in [0.15, 0.2) is 29.2 Å². The molecule has 1 aliphatic rings. The number of hydrogen-bond donors (Lipinski definition) is 3. The van der Waals surface area contributed by atoms with E-state index in [4.69, 9.17) is 4.74 Å². The van der Waals surface area contributed by atoms with Gasteiger partial charge in [0, 0.05) is 24.0 Å². The Morgan fingerprint density at radius 1 is 1.36 bits per heavy atom. The zero-order valence-corrected chi connectivity index (χ0v) is 13.7. The van der Waals surface area contributed by atoms with Crippen molar-refractivity contribution in [2.45, 2.75) is 17.7 Å². The molecule has 0 unspecified atom stereocenters. The van der Waals surface area contributed by atoms with Gasteiger partial charge in [0.2, 0.25) is 5.91 Å². The minimum absolute atomic E-state index is 0.0343. The van der Waals surface area contributed by atoms with Crippen molar-refractivity contribution in [1.82, 2.24) is 10.6 Å². The summed E-state index contributed by atoms with van der Waals surface area (Å²) in [4.78, 5) is 13.0. The van der Waals surface area contributed by atoms with E-state index < -0.39 is 0 Å². The normalized spacial score (nSPS) is 17.1. The molecule has 0 aromatic heterocycles. The van der Waals surface area contributed by atoms with Crippen molar-refractivity contribution in [2.24, 2.45) is 5.41 Å². The molecule has 1 fully saturated rings. The van der Waals surface area contributed by atoms with Gasteiger partial charge >= 0.3 is 0 Å². The molecule has 0 atom stereocenters. The lowest BCUT2D eigenvalue weighted by Crippen LogP contribution is -2.47. The highest BCUT2D eigenvalue weighted by Crippen LogP contribution is 2.28. The van der Waals surface area contributed by atoms with Crippen LogP contribution in [-0.2, 0) is 9.53 Å². The first-order valence-electron chi connectivity index (χ1n) is 7.52. The monoisotopic (exact) mass is 324 g/mol. The summed E-state index contributed by atoms with van der Waals surface area (Å²) in [6.45, 7) is 3.29. The fourth-order valence-corrected chi connectivity index (χ4v) is 3.39. The largest absolute Gasteiger partial charge is 0.508 e. The van der Waals surface area contributed by atoms with Crippen molar-refractivity contribution in [3.63, 3.8) is 0 Å². The number of rotatable bonds is 7. The van der Waals surface area contributed by atoms with Crippen LogP contribution >= 0.6 is 11.8 Å². The second kappa shape index (κ2) is 8.41. The lowest BCUT2D eigenvalue weighted by Gasteiger charge is -2.37. The van der Waals surface area contributed by atoms with E-state index in [2.05, 4.69) is 10.6 Å². The topological polar surface area (TPSA) is 70.6 Å². The molecule has 0 spiro atoms. The molecule has 122 valence electrons. The summed E-state index contributed by atoms with van der Waals surface area (Å²) in [5.41, 5.74) is 0.0544. The van der Waals surface area contributed by atoms with Crippen LogP contribution in [0.2, 0.25) is 0 Å². The molecule has 1 aromatic rings. The molecule has 0 aliphatic carbocycles. The van der Waals surface area contributed by atoms with Gasteiger partial charge < -0.3 is 20.5 Å². The molecule has 0 saturated carbocycles. The van der Waals surface area contributed by atoms with Crippen LogP contribution in [0, 0.1) is 5.41 Å². The van der Waals surface area contributed by atoms with Crippen molar-refractivity contribution >= 4 is 17.7 Å². The summed E-state index contributed by atoms with van der Waals surface area (Å²) in [6, 6.07) is 6.88. The Morgan fingerprint density at radius 2 is 2.05 bits per heavy atom. The van der Waals surface area contributed by atoms with Gasteiger partial charge in [0.15, 0.2) is 0 Å². The van der Waals surface area contributed by atoms with Crippen LogP contribution in [0.4, 0.5) is 0 Å². The summed E-state index contributed by atoms with van der Waals surface area (Å²) < 4.78 is 5.35. The molecule has 3 N–H and O–H groups in total. The second-order valence-corrected chi connectivity index (χ2v) is 6.79. The number of benzene rings is 1. The molecule has 1 aliphatic heterocycles. The van der Waals surface area contributed by atoms with E-state index in [1.54, 1.807) is 19.2 Å². The quantitative estimate of drug-likeness (QED) is 0.665. The number of amides is 1. The summed E-state index contributed by atoms with van der Waals surface area (Å²) in [5, 5.41) is 15.6. The van der Waals surface area contributed by atoms with Crippen LogP contribution in [-0.4, -0.2) is 50.1 Å². The lowest BCUT2D eigenvalue weighted by atomic mass is 9.79. The third-order valence-electron chi connectivity index (χ3n) is 3.98. The lowest BCUT2D eigenvalue weighted by molar-refractivity contribution is -0.119. The van der Waals surface area contributed by atoms with Crippen LogP contribution in [0.3, 0.4) is 0 Å². The van der Waals surface area contributed by atoms with Gasteiger partial charge in [-0.05, 0) is 50.2 Å². The van der Waals surface area contributed by atoms with Crippen LogP contribution in [0.5, 0.6) is 5.75 Å². The summed E-state index contributed by atoms with van der Waals surface area (Å²) >= 11 is 1.47. The van der Waals surface area contributed by atoms with E-state index in [0.29, 0.717) is 18.9 Å². The molecule has 1 saturated heterocycles. The number of aromatic hydroxyl groups is 1. The van der Waals surface area contributed by atoms with Gasteiger partial charge in [0.05, 0.1) is 12.4 Å². The molecule has 0 bridgehead atoms. The summed E-state index contributed by atoms with van der Waals surface area (Å²) in [7, 11) is 1.71. The Hall–Kier alpha value is -1.24. The fourth-order valence-electron chi connectivity index (χ4n) is 2.66. The minimum Gasteiger partial charge on any atom is -0.508 e. The number of nitrogens with one attached hydrogen (secondary N) is 2. The number of phenols is 1. The highest BCUT2D eigenvalue weighted by atomic mass is 32.2. The van der Waals surface area contributed by atoms with E-state index >= 15 is 0 Å². The highest BCUT2D eigenvalue weighted by Gasteiger charge is 2.32. The fraction of sp³-hybridized carbons (Fsp3) is 0.562. The Morgan fingerprint density at radius 3 is 2.68 bits per heavy atom. The van der Waals surface area contributed by atoms with E-state index in [1.807, 2.05) is 12.1 Å². The number of phenolic OH excluding ortho intramolecular Hbond substituents is 1. The summed E-state index contributed by atoms with van der Waals surface area (Å²) in [5.74, 6) is 0.653. The molecule has 0 radical (unpaired) electrons. The smallest absolute Gasteiger partial charge is 0.230 e. The predicted molar refractivity (Wildman–Crippen MR) is 88.3 cm³/mol. The molecule has 1 aromatic carbocycles. The Labute approximate surface area is 135 Å². The van der Waals surface area contributed by atoms with Crippen molar-refractivity contribution in [3.8, 4) is 5.75 Å². The Balaban J connectivity index is 1.77. The molecular weight excluding hydrogens is 300 g/mol. The average Bonchev–Trinajstić information content (AvgIpc) is 2.54. The van der Waals surface area contributed by atoms with E-state index in [0.717, 1.165) is 30.8 Å². The van der Waals surface area contributed by atoms with Gasteiger partial charge in [-0.2, -0.15) is 0 Å². The maximum absolute atomic E-state index is 12.0. The van der Waals surface area contributed by atoms with Crippen LogP contribution in [0.1, 0.15) is 12.8 Å². The first-order valence-corrected chi connectivity index (χ1v) is 8.50. The summed E-state index contributed by atoms with van der Waals surface area (Å²) in [6.07, 6.45) is 2.04. The van der Waals surface area contributed by atoms with Crippen molar-refractivity contribution < 1.29 is 14.6 Å². The van der Waals surface area contributed by atoms with Gasteiger partial charge in [0.1, 0.15) is 5.75 Å². The van der Waals surface area contributed by atoms with Crippen molar-refractivity contribution in [2.75, 3.05) is 39.1 Å². The number of methoxy groups -OCH3 is 1. The van der Waals surface area contributed by atoms with Gasteiger partial charge in [0.25, 0.3) is 0 Å². The zero-order valence-electron chi connectivity index (χ0n) is 12.9. The number of thioether (sulfide) groups is 1. The molecular formula is C16H24N2O3S. The van der Waals surface area contributed by atoms with Crippen LogP contribution < -0.4 is 10.6 Å². The third kappa shape index (κ3) is 5.19. The number of hydrogen-bond acceptors (Lipinski definition) is 5. The maximum Gasteiger partial charge on any atom is 0.230 e. The first kappa shape index (κ1) is 17.1. The number of piperidine rings is 1. The number of carbonyl (C=O) groups is 1. The molecule has 1 amide bonds. The first-order chi connectivity index (χ1) is 10.6. The van der Waals surface area contributed by atoms with Crippen molar-refractivity contribution in [1.29, 1.82) is 0 Å². The Kier molecular flexibility index (Phi) is 6.54. The van der Waals surface area contributed by atoms with Crippen molar-refractivity contribution in [3.05, 3.63) is 24.3 Å².